The van der Waals surface area contributed by atoms with E-state index in [1.807, 2.05) is 7.05 Å². The topological polar surface area (TPSA) is 47.3 Å². The third kappa shape index (κ3) is 2.29. The van der Waals surface area contributed by atoms with Crippen molar-refractivity contribution in [3.05, 3.63) is 0 Å². The van der Waals surface area contributed by atoms with Crippen molar-refractivity contribution >= 4 is 6.03 Å². The van der Waals surface area contributed by atoms with Crippen LogP contribution in [0.3, 0.4) is 0 Å². The molecule has 0 radical (unpaired) electrons. The van der Waals surface area contributed by atoms with Crippen LogP contribution in [-0.2, 0) is 0 Å². The summed E-state index contributed by atoms with van der Waals surface area (Å²) >= 11 is 0. The molecule has 1 unspecified atom stereocenters. The summed E-state index contributed by atoms with van der Waals surface area (Å²) in [6.45, 7) is 8.54. The van der Waals surface area contributed by atoms with Crippen LogP contribution >= 0.6 is 0 Å². The number of nitrogens with zero attached hydrogens (tertiary/aromatic N) is 3. The molecule has 0 bridgehead atoms. The lowest BCUT2D eigenvalue weighted by molar-refractivity contribution is 0.172. The number of likely N-dealkylation sites (N-methyl/N-ethyl adjacent to an activating group) is 1. The van der Waals surface area contributed by atoms with Gasteiger partial charge in [-0.1, -0.05) is 13.8 Å². The maximum Gasteiger partial charge on any atom is 0.321 e. The zero-order valence-corrected chi connectivity index (χ0v) is 10.8. The van der Waals surface area contributed by atoms with Crippen molar-refractivity contribution in [3.8, 4) is 6.07 Å². The molecular weight excluding hydrogens is 202 g/mol. The molecule has 0 aliphatic carbocycles. The predicted molar refractivity (Wildman–Crippen MR) is 62.8 cm³/mol. The minimum atomic E-state index is -0.711. The molecule has 1 saturated heterocycles. The fourth-order valence-corrected chi connectivity index (χ4v) is 2.06. The minimum absolute atomic E-state index is 0.0304. The highest BCUT2D eigenvalue weighted by molar-refractivity contribution is 5.78. The summed E-state index contributed by atoms with van der Waals surface area (Å²) in [4.78, 5) is 15.4. The monoisotopic (exact) mass is 223 g/mol. The Labute approximate surface area is 97.8 Å². The molecule has 1 aliphatic heterocycles. The second-order valence-electron chi connectivity index (χ2n) is 5.46. The van der Waals surface area contributed by atoms with Crippen LogP contribution in [0.1, 0.15) is 34.1 Å². The molecule has 1 heterocycles. The first kappa shape index (κ1) is 12.8. The molecule has 0 saturated carbocycles. The van der Waals surface area contributed by atoms with Crippen LogP contribution in [0.5, 0.6) is 0 Å². The lowest BCUT2D eigenvalue weighted by Crippen LogP contribution is -2.44. The molecule has 4 nitrogen and oxygen atoms in total. The number of carbonyl (C=O) groups is 1. The average Bonchev–Trinajstić information content (AvgIpc) is 2.46. The summed E-state index contributed by atoms with van der Waals surface area (Å²) in [7, 11) is 1.82. The Bertz CT molecular complexity index is 317. The smallest absolute Gasteiger partial charge is 0.321 e. The number of urea groups is 1. The van der Waals surface area contributed by atoms with Crippen molar-refractivity contribution in [3.63, 3.8) is 0 Å². The van der Waals surface area contributed by atoms with Crippen LogP contribution in [0.2, 0.25) is 0 Å². The number of hydrogen-bond acceptors (Lipinski definition) is 2. The molecule has 0 aromatic rings. The number of nitriles is 1. The van der Waals surface area contributed by atoms with Gasteiger partial charge in [0, 0.05) is 13.6 Å². The van der Waals surface area contributed by atoms with E-state index in [-0.39, 0.29) is 12.1 Å². The molecule has 2 amide bonds. The first-order valence-electron chi connectivity index (χ1n) is 5.75. The molecule has 0 aromatic heterocycles. The first-order valence-corrected chi connectivity index (χ1v) is 5.75. The van der Waals surface area contributed by atoms with Gasteiger partial charge in [-0.25, -0.2) is 4.79 Å². The van der Waals surface area contributed by atoms with Crippen molar-refractivity contribution in [2.24, 2.45) is 5.92 Å². The Morgan fingerprint density at radius 3 is 2.56 bits per heavy atom. The Morgan fingerprint density at radius 1 is 1.56 bits per heavy atom. The Kier molecular flexibility index (Phi) is 3.47. The van der Waals surface area contributed by atoms with Gasteiger partial charge in [0.2, 0.25) is 0 Å². The van der Waals surface area contributed by atoms with Gasteiger partial charge >= 0.3 is 6.03 Å². The van der Waals surface area contributed by atoms with Gasteiger partial charge in [0.15, 0.2) is 0 Å². The van der Waals surface area contributed by atoms with Crippen molar-refractivity contribution in [2.75, 3.05) is 13.6 Å². The molecule has 1 rings (SSSR count). The second-order valence-corrected chi connectivity index (χ2v) is 5.46. The van der Waals surface area contributed by atoms with E-state index in [4.69, 9.17) is 5.26 Å². The number of hydrogen-bond donors (Lipinski definition) is 0. The normalized spacial score (nSPS) is 21.8. The predicted octanol–water partition coefficient (Wildman–Crippen LogP) is 2.07. The molecule has 0 aromatic carbocycles. The van der Waals surface area contributed by atoms with Crippen molar-refractivity contribution in [1.29, 1.82) is 5.26 Å². The lowest BCUT2D eigenvalue weighted by Gasteiger charge is -2.27. The van der Waals surface area contributed by atoms with E-state index in [1.54, 1.807) is 23.6 Å². The fourth-order valence-electron chi connectivity index (χ4n) is 2.06. The van der Waals surface area contributed by atoms with Gasteiger partial charge in [-0.2, -0.15) is 5.26 Å². The van der Waals surface area contributed by atoms with Crippen molar-refractivity contribution < 1.29 is 4.79 Å². The molecule has 4 heteroatoms. The van der Waals surface area contributed by atoms with Gasteiger partial charge in [-0.05, 0) is 26.2 Å². The SMILES string of the molecule is CC(C)CC1CN(C(C)(C)C#N)C(=O)N1C. The summed E-state index contributed by atoms with van der Waals surface area (Å²) in [5, 5.41) is 9.06. The van der Waals surface area contributed by atoms with Crippen molar-refractivity contribution in [2.45, 2.75) is 45.7 Å². The van der Waals surface area contributed by atoms with E-state index in [1.165, 1.54) is 0 Å². The molecular formula is C12H21N3O. The van der Waals surface area contributed by atoms with Crippen molar-refractivity contribution in [1.82, 2.24) is 9.80 Å². The molecule has 1 atom stereocenters. The van der Waals surface area contributed by atoms with E-state index in [9.17, 15) is 4.79 Å². The van der Waals surface area contributed by atoms with Crippen LogP contribution in [0, 0.1) is 17.2 Å². The van der Waals surface area contributed by atoms with E-state index >= 15 is 0 Å². The highest BCUT2D eigenvalue weighted by Crippen LogP contribution is 2.26. The molecule has 1 fully saturated rings. The van der Waals surface area contributed by atoms with Crippen LogP contribution in [-0.4, -0.2) is 41.0 Å². The maximum atomic E-state index is 12.0. The average molecular weight is 223 g/mol. The quantitative estimate of drug-likeness (QED) is 0.735. The van der Waals surface area contributed by atoms with Gasteiger partial charge in [-0.15, -0.1) is 0 Å². The molecule has 0 spiro atoms. The highest BCUT2D eigenvalue weighted by Gasteiger charge is 2.42. The zero-order valence-electron chi connectivity index (χ0n) is 10.8. The first-order chi connectivity index (χ1) is 7.29. The van der Waals surface area contributed by atoms with E-state index in [0.29, 0.717) is 12.5 Å². The molecule has 90 valence electrons. The van der Waals surface area contributed by atoms with Gasteiger partial charge < -0.3 is 9.80 Å². The van der Waals surface area contributed by atoms with Gasteiger partial charge in [0.05, 0.1) is 12.1 Å². The lowest BCUT2D eigenvalue weighted by atomic mass is 10.0. The van der Waals surface area contributed by atoms with Crippen LogP contribution in [0.15, 0.2) is 0 Å². The maximum absolute atomic E-state index is 12.0. The van der Waals surface area contributed by atoms with E-state index < -0.39 is 5.54 Å². The van der Waals surface area contributed by atoms with Gasteiger partial charge in [0.25, 0.3) is 0 Å². The van der Waals surface area contributed by atoms with E-state index in [2.05, 4.69) is 19.9 Å². The number of amides is 2. The third-order valence-electron chi connectivity index (χ3n) is 3.17. The second kappa shape index (κ2) is 4.32. The van der Waals surface area contributed by atoms with E-state index in [0.717, 1.165) is 6.42 Å². The van der Waals surface area contributed by atoms with Crippen LogP contribution in [0.25, 0.3) is 0 Å². The summed E-state index contributed by atoms with van der Waals surface area (Å²) in [6.07, 6.45) is 0.986. The standard InChI is InChI=1S/C12H21N3O/c1-9(2)6-10-7-15(11(16)14(10)5)12(3,4)8-13/h9-10H,6-7H2,1-5H3. The summed E-state index contributed by atoms with van der Waals surface area (Å²) in [5.74, 6) is 0.561. The Balaban J connectivity index is 2.81. The minimum Gasteiger partial charge on any atom is -0.323 e. The number of rotatable bonds is 3. The summed E-state index contributed by atoms with van der Waals surface area (Å²) in [5.41, 5.74) is -0.711. The highest BCUT2D eigenvalue weighted by atomic mass is 16.2. The van der Waals surface area contributed by atoms with Crippen LogP contribution < -0.4 is 0 Å². The van der Waals surface area contributed by atoms with Crippen LogP contribution in [0.4, 0.5) is 4.79 Å². The third-order valence-corrected chi connectivity index (χ3v) is 3.17. The Hall–Kier alpha value is -1.24. The molecule has 0 N–H and O–H groups in total. The summed E-state index contributed by atoms with van der Waals surface area (Å²) in [6, 6.07) is 2.39. The summed E-state index contributed by atoms with van der Waals surface area (Å²) < 4.78 is 0. The fraction of sp³-hybridized carbons (Fsp3) is 0.833. The molecule has 1 aliphatic rings. The van der Waals surface area contributed by atoms with Gasteiger partial charge in [-0.3, -0.25) is 0 Å². The largest absolute Gasteiger partial charge is 0.323 e. The molecule has 16 heavy (non-hydrogen) atoms. The number of carbonyl (C=O) groups excluding carboxylic acids is 1. The Morgan fingerprint density at radius 2 is 2.12 bits per heavy atom. The zero-order chi connectivity index (χ0) is 12.5. The van der Waals surface area contributed by atoms with Gasteiger partial charge in [0.1, 0.15) is 5.54 Å².